The van der Waals surface area contributed by atoms with Crippen molar-refractivity contribution >= 4 is 6.09 Å². The van der Waals surface area contributed by atoms with Gasteiger partial charge in [-0.25, -0.2) is 4.79 Å². The first-order chi connectivity index (χ1) is 10.8. The van der Waals surface area contributed by atoms with Gasteiger partial charge < -0.3 is 9.64 Å². The van der Waals surface area contributed by atoms with Gasteiger partial charge in [0.15, 0.2) is 0 Å². The average Bonchev–Trinajstić information content (AvgIpc) is 2.36. The van der Waals surface area contributed by atoms with E-state index < -0.39 is 5.60 Å². The summed E-state index contributed by atoms with van der Waals surface area (Å²) in [6.07, 6.45) is 4.53. The molecule has 5 nitrogen and oxygen atoms in total. The van der Waals surface area contributed by atoms with Crippen molar-refractivity contribution in [3.8, 4) is 6.07 Å². The van der Waals surface area contributed by atoms with E-state index >= 15 is 0 Å². The highest BCUT2D eigenvalue weighted by Crippen LogP contribution is 2.42. The van der Waals surface area contributed by atoms with E-state index in [-0.39, 0.29) is 11.5 Å². The minimum absolute atomic E-state index is 0.253. The normalized spacial score (nSPS) is 20.2. The first kappa shape index (κ1) is 15.8. The van der Waals surface area contributed by atoms with Crippen LogP contribution >= 0.6 is 0 Å². The molecule has 1 aromatic heterocycles. The second-order valence-electron chi connectivity index (χ2n) is 7.61. The molecule has 0 radical (unpaired) electrons. The molecule has 0 spiro atoms. The number of carbonyl (C=O) groups is 1. The number of aromatic nitrogens is 1. The minimum atomic E-state index is -0.459. The van der Waals surface area contributed by atoms with Gasteiger partial charge in [-0.05, 0) is 51.7 Å². The molecule has 1 aliphatic heterocycles. The number of likely N-dealkylation sites (tertiary alicyclic amines) is 1. The summed E-state index contributed by atoms with van der Waals surface area (Å²) in [6, 6.07) is 6.45. The largest absolute Gasteiger partial charge is 0.444 e. The van der Waals surface area contributed by atoms with Crippen molar-refractivity contribution in [2.75, 3.05) is 13.1 Å². The van der Waals surface area contributed by atoms with E-state index in [0.717, 1.165) is 30.5 Å². The number of rotatable bonds is 2. The predicted molar refractivity (Wildman–Crippen MR) is 85.9 cm³/mol. The van der Waals surface area contributed by atoms with Crippen LogP contribution in [0.3, 0.4) is 0 Å². The predicted octanol–water partition coefficient (Wildman–Crippen LogP) is 3.36. The Hall–Kier alpha value is -2.09. The molecule has 1 aromatic rings. The lowest BCUT2D eigenvalue weighted by molar-refractivity contribution is 0.00816. The quantitative estimate of drug-likeness (QED) is 0.839. The molecule has 0 N–H and O–H groups in total. The van der Waals surface area contributed by atoms with Crippen LogP contribution in [0.5, 0.6) is 0 Å². The fourth-order valence-corrected chi connectivity index (χ4v) is 3.05. The van der Waals surface area contributed by atoms with Gasteiger partial charge in [-0.1, -0.05) is 6.07 Å². The summed E-state index contributed by atoms with van der Waals surface area (Å²) in [4.78, 5) is 18.2. The summed E-state index contributed by atoms with van der Waals surface area (Å²) in [5.41, 5.74) is 1.19. The SMILES string of the molecule is CC(C)(C)OC(=O)N1CC(c2ccc(C3(C#N)CCC3)nc2)C1. The maximum Gasteiger partial charge on any atom is 0.410 e. The van der Waals surface area contributed by atoms with E-state index in [1.54, 1.807) is 4.90 Å². The van der Waals surface area contributed by atoms with Crippen LogP contribution in [0.1, 0.15) is 57.2 Å². The minimum Gasteiger partial charge on any atom is -0.444 e. The summed E-state index contributed by atoms with van der Waals surface area (Å²) in [7, 11) is 0. The fourth-order valence-electron chi connectivity index (χ4n) is 3.05. The van der Waals surface area contributed by atoms with Crippen LogP contribution in [0.25, 0.3) is 0 Å². The maximum atomic E-state index is 11.9. The summed E-state index contributed by atoms with van der Waals surface area (Å²) in [6.45, 7) is 6.95. The van der Waals surface area contributed by atoms with E-state index in [9.17, 15) is 10.1 Å². The van der Waals surface area contributed by atoms with Crippen molar-refractivity contribution < 1.29 is 9.53 Å². The second kappa shape index (κ2) is 5.52. The lowest BCUT2D eigenvalue weighted by atomic mass is 9.67. The van der Waals surface area contributed by atoms with Gasteiger partial charge in [0.2, 0.25) is 0 Å². The zero-order valence-electron chi connectivity index (χ0n) is 14.0. The number of hydrogen-bond donors (Lipinski definition) is 0. The number of hydrogen-bond acceptors (Lipinski definition) is 4. The molecule has 122 valence electrons. The molecule has 0 atom stereocenters. The van der Waals surface area contributed by atoms with Crippen molar-refractivity contribution in [1.29, 1.82) is 5.26 Å². The molecule has 2 fully saturated rings. The third kappa shape index (κ3) is 3.03. The van der Waals surface area contributed by atoms with Crippen LogP contribution in [0, 0.1) is 11.3 Å². The Labute approximate surface area is 137 Å². The van der Waals surface area contributed by atoms with E-state index in [1.807, 2.05) is 33.0 Å². The maximum absolute atomic E-state index is 11.9. The highest BCUT2D eigenvalue weighted by Gasteiger charge is 2.41. The van der Waals surface area contributed by atoms with E-state index in [0.29, 0.717) is 19.0 Å². The summed E-state index contributed by atoms with van der Waals surface area (Å²) in [5.74, 6) is 0.309. The van der Waals surface area contributed by atoms with Crippen LogP contribution in [0.4, 0.5) is 4.79 Å². The summed E-state index contributed by atoms with van der Waals surface area (Å²) in [5, 5.41) is 9.37. The first-order valence-electron chi connectivity index (χ1n) is 8.19. The Morgan fingerprint density at radius 3 is 2.52 bits per heavy atom. The third-order valence-electron chi connectivity index (χ3n) is 4.70. The topological polar surface area (TPSA) is 66.2 Å². The lowest BCUT2D eigenvalue weighted by Gasteiger charge is -2.40. The smallest absolute Gasteiger partial charge is 0.410 e. The molecule has 0 unspecified atom stereocenters. The molecular formula is C18H23N3O2. The lowest BCUT2D eigenvalue weighted by Crippen LogP contribution is -2.50. The van der Waals surface area contributed by atoms with Gasteiger partial charge in [0.1, 0.15) is 5.60 Å². The average molecular weight is 313 g/mol. The summed E-state index contributed by atoms with van der Waals surface area (Å²) >= 11 is 0. The fraction of sp³-hybridized carbons (Fsp3) is 0.611. The third-order valence-corrected chi connectivity index (χ3v) is 4.70. The number of nitriles is 1. The van der Waals surface area contributed by atoms with Gasteiger partial charge in [0, 0.05) is 25.2 Å². The van der Waals surface area contributed by atoms with Crippen LogP contribution in [-0.2, 0) is 10.2 Å². The standard InChI is InChI=1S/C18H23N3O2/c1-17(2,3)23-16(22)21-10-14(11-21)13-5-6-15(20-9-13)18(12-19)7-4-8-18/h5-6,9,14H,4,7-8,10-11H2,1-3H3. The highest BCUT2D eigenvalue weighted by atomic mass is 16.6. The van der Waals surface area contributed by atoms with Crippen molar-refractivity contribution in [2.24, 2.45) is 0 Å². The Morgan fingerprint density at radius 1 is 1.39 bits per heavy atom. The highest BCUT2D eigenvalue weighted by molar-refractivity contribution is 5.69. The van der Waals surface area contributed by atoms with Gasteiger partial charge >= 0.3 is 6.09 Å². The molecule has 0 bridgehead atoms. The van der Waals surface area contributed by atoms with Crippen LogP contribution in [0.15, 0.2) is 18.3 Å². The van der Waals surface area contributed by atoms with Gasteiger partial charge in [0.05, 0.1) is 17.2 Å². The number of nitrogens with zero attached hydrogens (tertiary/aromatic N) is 3. The van der Waals surface area contributed by atoms with Gasteiger partial charge in [0.25, 0.3) is 0 Å². The van der Waals surface area contributed by atoms with E-state index in [4.69, 9.17) is 4.74 Å². The molecule has 0 aromatic carbocycles. The number of ether oxygens (including phenoxy) is 1. The molecule has 5 heteroatoms. The Balaban J connectivity index is 1.58. The summed E-state index contributed by atoms with van der Waals surface area (Å²) < 4.78 is 5.36. The second-order valence-corrected chi connectivity index (χ2v) is 7.61. The zero-order valence-corrected chi connectivity index (χ0v) is 14.0. The van der Waals surface area contributed by atoms with E-state index in [1.165, 1.54) is 0 Å². The first-order valence-corrected chi connectivity index (χ1v) is 8.19. The molecular weight excluding hydrogens is 290 g/mol. The Kier molecular flexibility index (Phi) is 3.79. The Morgan fingerprint density at radius 2 is 2.09 bits per heavy atom. The van der Waals surface area contributed by atoms with Crippen LogP contribution < -0.4 is 0 Å². The van der Waals surface area contributed by atoms with Crippen molar-refractivity contribution in [1.82, 2.24) is 9.88 Å². The van der Waals surface area contributed by atoms with E-state index in [2.05, 4.69) is 17.1 Å². The van der Waals surface area contributed by atoms with Crippen LogP contribution in [0.2, 0.25) is 0 Å². The van der Waals surface area contributed by atoms with Crippen molar-refractivity contribution in [3.05, 3.63) is 29.6 Å². The molecule has 2 aliphatic rings. The Bertz CT molecular complexity index is 630. The number of amides is 1. The molecule has 1 saturated carbocycles. The van der Waals surface area contributed by atoms with Crippen molar-refractivity contribution in [3.63, 3.8) is 0 Å². The number of pyridine rings is 1. The van der Waals surface area contributed by atoms with Gasteiger partial charge in [-0.15, -0.1) is 0 Å². The number of carbonyl (C=O) groups excluding carboxylic acids is 1. The molecule has 3 rings (SSSR count). The van der Waals surface area contributed by atoms with Gasteiger partial charge in [-0.3, -0.25) is 4.98 Å². The zero-order chi connectivity index (χ0) is 16.7. The molecule has 1 aliphatic carbocycles. The molecule has 1 saturated heterocycles. The van der Waals surface area contributed by atoms with Crippen LogP contribution in [-0.4, -0.2) is 34.7 Å². The molecule has 1 amide bonds. The van der Waals surface area contributed by atoms with Gasteiger partial charge in [-0.2, -0.15) is 5.26 Å². The monoisotopic (exact) mass is 313 g/mol. The molecule has 23 heavy (non-hydrogen) atoms. The van der Waals surface area contributed by atoms with Crippen molar-refractivity contribution in [2.45, 2.75) is 57.0 Å². The molecule has 2 heterocycles.